The van der Waals surface area contributed by atoms with E-state index in [1.54, 1.807) is 0 Å². The van der Waals surface area contributed by atoms with Crippen molar-refractivity contribution in [3.63, 3.8) is 0 Å². The Labute approximate surface area is 123 Å². The molecule has 5 nitrogen and oxygen atoms in total. The highest BCUT2D eigenvalue weighted by Crippen LogP contribution is 2.29. The molecule has 0 bridgehead atoms. The fraction of sp³-hybridized carbons (Fsp3) is 0.0714. The van der Waals surface area contributed by atoms with Crippen LogP contribution < -0.4 is 11.1 Å². The topological polar surface area (TPSA) is 85.1 Å². The maximum atomic E-state index is 12.6. The van der Waals surface area contributed by atoms with E-state index in [-0.39, 0.29) is 16.9 Å². The van der Waals surface area contributed by atoms with E-state index < -0.39 is 23.6 Å². The third-order valence-electron chi connectivity index (χ3n) is 2.74. The smallest absolute Gasteiger partial charge is 0.366 e. The number of carbonyl (C=O) groups is 2. The van der Waals surface area contributed by atoms with Gasteiger partial charge >= 0.3 is 6.18 Å². The van der Waals surface area contributed by atoms with Gasteiger partial charge in [-0.3, -0.25) is 9.59 Å². The average Bonchev–Trinajstić information content (AvgIpc) is 2.46. The molecule has 0 saturated heterocycles. The number of anilines is 1. The molecule has 1 aromatic carbocycles. The molecule has 0 unspecified atom stereocenters. The molecule has 114 valence electrons. The number of nitrogens with one attached hydrogen (secondary N) is 1. The Balaban J connectivity index is 2.22. The molecule has 22 heavy (non-hydrogen) atoms. The predicted octanol–water partition coefficient (Wildman–Crippen LogP) is 2.45. The number of hydrogen-bond acceptors (Lipinski definition) is 3. The maximum Gasteiger partial charge on any atom is 0.416 e. The lowest BCUT2D eigenvalue weighted by atomic mass is 10.1. The van der Waals surface area contributed by atoms with Gasteiger partial charge in [0.05, 0.1) is 5.56 Å². The van der Waals surface area contributed by atoms with Gasteiger partial charge in [0.1, 0.15) is 5.82 Å². The molecule has 0 spiro atoms. The second-order valence-electron chi connectivity index (χ2n) is 4.33. The van der Waals surface area contributed by atoms with Gasteiger partial charge in [0.25, 0.3) is 5.91 Å². The van der Waals surface area contributed by atoms with Gasteiger partial charge in [0.2, 0.25) is 5.91 Å². The Morgan fingerprint density at radius 3 is 2.41 bits per heavy atom. The van der Waals surface area contributed by atoms with Gasteiger partial charge in [-0.2, -0.15) is 13.2 Å². The number of rotatable bonds is 3. The number of hydrogen-bond donors (Lipinski definition) is 2. The summed E-state index contributed by atoms with van der Waals surface area (Å²) < 4.78 is 37.7. The normalized spacial score (nSPS) is 11.0. The zero-order valence-corrected chi connectivity index (χ0v) is 11.0. The van der Waals surface area contributed by atoms with Crippen LogP contribution in [0.3, 0.4) is 0 Å². The molecule has 8 heteroatoms. The van der Waals surface area contributed by atoms with E-state index in [2.05, 4.69) is 10.3 Å². The highest BCUT2D eigenvalue weighted by Gasteiger charge is 2.30. The zero-order valence-electron chi connectivity index (χ0n) is 11.0. The van der Waals surface area contributed by atoms with E-state index in [1.807, 2.05) is 0 Å². The molecule has 0 aliphatic rings. The Morgan fingerprint density at radius 1 is 1.09 bits per heavy atom. The summed E-state index contributed by atoms with van der Waals surface area (Å²) in [6.07, 6.45) is -3.59. The number of halogens is 3. The second kappa shape index (κ2) is 5.84. The summed E-state index contributed by atoms with van der Waals surface area (Å²) >= 11 is 0. The molecule has 1 aromatic heterocycles. The SMILES string of the molecule is NC(=O)c1cccc(C(=O)Nc2cc(C(F)(F)F)ccn2)c1. The van der Waals surface area contributed by atoms with Gasteiger partial charge in [0.15, 0.2) is 0 Å². The van der Waals surface area contributed by atoms with Crippen molar-refractivity contribution in [3.05, 3.63) is 59.3 Å². The Hall–Kier alpha value is -2.90. The minimum absolute atomic E-state index is 0.0792. The van der Waals surface area contributed by atoms with Crippen molar-refractivity contribution in [1.29, 1.82) is 0 Å². The van der Waals surface area contributed by atoms with E-state index >= 15 is 0 Å². The fourth-order valence-electron chi connectivity index (χ4n) is 1.68. The lowest BCUT2D eigenvalue weighted by molar-refractivity contribution is -0.137. The van der Waals surface area contributed by atoms with Crippen molar-refractivity contribution >= 4 is 17.6 Å². The number of pyridine rings is 1. The van der Waals surface area contributed by atoms with Crippen molar-refractivity contribution in [2.75, 3.05) is 5.32 Å². The van der Waals surface area contributed by atoms with Crippen molar-refractivity contribution < 1.29 is 22.8 Å². The summed E-state index contributed by atoms with van der Waals surface area (Å²) in [5.74, 6) is -1.66. The molecule has 2 amide bonds. The highest BCUT2D eigenvalue weighted by molar-refractivity contribution is 6.05. The largest absolute Gasteiger partial charge is 0.416 e. The lowest BCUT2D eigenvalue weighted by Crippen LogP contribution is -2.16. The number of benzene rings is 1. The van der Waals surface area contributed by atoms with E-state index in [0.29, 0.717) is 0 Å². The number of amides is 2. The van der Waals surface area contributed by atoms with Gasteiger partial charge in [0, 0.05) is 17.3 Å². The number of nitrogens with two attached hydrogens (primary N) is 1. The van der Waals surface area contributed by atoms with Crippen LogP contribution in [0.15, 0.2) is 42.6 Å². The fourth-order valence-corrected chi connectivity index (χ4v) is 1.68. The van der Waals surface area contributed by atoms with Crippen molar-refractivity contribution in [2.24, 2.45) is 5.73 Å². The average molecular weight is 309 g/mol. The van der Waals surface area contributed by atoms with Gasteiger partial charge in [-0.1, -0.05) is 6.07 Å². The number of primary amides is 1. The summed E-state index contributed by atoms with van der Waals surface area (Å²) in [7, 11) is 0. The molecule has 0 radical (unpaired) electrons. The van der Waals surface area contributed by atoms with Gasteiger partial charge in [-0.15, -0.1) is 0 Å². The van der Waals surface area contributed by atoms with E-state index in [9.17, 15) is 22.8 Å². The van der Waals surface area contributed by atoms with Crippen molar-refractivity contribution in [3.8, 4) is 0 Å². The summed E-state index contributed by atoms with van der Waals surface area (Å²) in [5, 5.41) is 2.23. The standard InChI is InChI=1S/C14H10F3N3O2/c15-14(16,17)10-4-5-19-11(7-10)20-13(22)9-3-1-2-8(6-9)12(18)21/h1-7H,(H2,18,21)(H,19,20,22). The first-order valence-electron chi connectivity index (χ1n) is 6.02. The predicted molar refractivity (Wildman–Crippen MR) is 72.2 cm³/mol. The molecule has 3 N–H and O–H groups in total. The molecule has 0 fully saturated rings. The molecule has 1 heterocycles. The number of alkyl halides is 3. The number of nitrogens with zero attached hydrogens (tertiary/aromatic N) is 1. The molecule has 0 atom stereocenters. The minimum atomic E-state index is -4.53. The Kier molecular flexibility index (Phi) is 4.11. The van der Waals surface area contributed by atoms with Crippen LogP contribution in [-0.2, 0) is 6.18 Å². The van der Waals surface area contributed by atoms with Crippen molar-refractivity contribution in [1.82, 2.24) is 4.98 Å². The van der Waals surface area contributed by atoms with Crippen LogP contribution >= 0.6 is 0 Å². The van der Waals surface area contributed by atoms with Gasteiger partial charge < -0.3 is 11.1 Å². The first-order valence-corrected chi connectivity index (χ1v) is 6.02. The summed E-state index contributed by atoms with van der Waals surface area (Å²) in [4.78, 5) is 26.7. The molecular formula is C14H10F3N3O2. The third-order valence-corrected chi connectivity index (χ3v) is 2.74. The Morgan fingerprint density at radius 2 is 1.77 bits per heavy atom. The number of aromatic nitrogens is 1. The van der Waals surface area contributed by atoms with Crippen molar-refractivity contribution in [2.45, 2.75) is 6.18 Å². The first-order chi connectivity index (χ1) is 10.3. The third kappa shape index (κ3) is 3.60. The lowest BCUT2D eigenvalue weighted by Gasteiger charge is -2.09. The number of carbonyl (C=O) groups excluding carboxylic acids is 2. The van der Waals surface area contributed by atoms with Crippen LogP contribution in [0.1, 0.15) is 26.3 Å². The summed E-state index contributed by atoms with van der Waals surface area (Å²) in [6.45, 7) is 0. The van der Waals surface area contributed by atoms with Crippen LogP contribution in [-0.4, -0.2) is 16.8 Å². The van der Waals surface area contributed by atoms with Crippen LogP contribution in [0.2, 0.25) is 0 Å². The van der Waals surface area contributed by atoms with Gasteiger partial charge in [-0.05, 0) is 30.3 Å². The van der Waals surface area contributed by atoms with E-state index in [4.69, 9.17) is 5.73 Å². The molecule has 2 aromatic rings. The second-order valence-corrected chi connectivity index (χ2v) is 4.33. The molecule has 0 saturated carbocycles. The molecule has 0 aliphatic carbocycles. The van der Waals surface area contributed by atoms with Crippen LogP contribution in [0.4, 0.5) is 19.0 Å². The summed E-state index contributed by atoms with van der Waals surface area (Å²) in [6, 6.07) is 7.01. The van der Waals surface area contributed by atoms with E-state index in [1.165, 1.54) is 24.3 Å². The molecular weight excluding hydrogens is 299 g/mol. The monoisotopic (exact) mass is 309 g/mol. The van der Waals surface area contributed by atoms with E-state index in [0.717, 1.165) is 18.3 Å². The Bertz CT molecular complexity index is 729. The first kappa shape index (κ1) is 15.5. The maximum absolute atomic E-state index is 12.6. The van der Waals surface area contributed by atoms with Crippen LogP contribution in [0, 0.1) is 0 Å². The van der Waals surface area contributed by atoms with Gasteiger partial charge in [-0.25, -0.2) is 4.98 Å². The van der Waals surface area contributed by atoms with Crippen LogP contribution in [0.25, 0.3) is 0 Å². The molecule has 2 rings (SSSR count). The zero-order chi connectivity index (χ0) is 16.3. The van der Waals surface area contributed by atoms with Crippen LogP contribution in [0.5, 0.6) is 0 Å². The highest BCUT2D eigenvalue weighted by atomic mass is 19.4. The molecule has 0 aliphatic heterocycles. The quantitative estimate of drug-likeness (QED) is 0.913. The minimum Gasteiger partial charge on any atom is -0.366 e. The summed E-state index contributed by atoms with van der Waals surface area (Å²) in [5.41, 5.74) is 4.36.